The van der Waals surface area contributed by atoms with Crippen molar-refractivity contribution in [3.05, 3.63) is 15.6 Å². The lowest BCUT2D eigenvalue weighted by Gasteiger charge is -2.11. The summed E-state index contributed by atoms with van der Waals surface area (Å²) in [4.78, 5) is 28.1. The smallest absolute Gasteiger partial charge is 0.267 e. The molecule has 6 nitrogen and oxygen atoms in total. The van der Waals surface area contributed by atoms with Crippen molar-refractivity contribution in [1.29, 1.82) is 0 Å². The van der Waals surface area contributed by atoms with Gasteiger partial charge in [-0.3, -0.25) is 9.59 Å². The summed E-state index contributed by atoms with van der Waals surface area (Å²) in [6.45, 7) is 4.34. The zero-order valence-corrected chi connectivity index (χ0v) is 11.1. The molecule has 2 N–H and O–H groups in total. The zero-order chi connectivity index (χ0) is 13.1. The standard InChI is InChI=1S/C11H14N4O2S/c1-6-7(2)18-10(13-6)5-12-11(17)8-3-4-9(16)15-14-8/h3-5H2,1-2H3,(H,12,17)(H,15,16). The maximum absolute atomic E-state index is 11.8. The Morgan fingerprint density at radius 3 is 2.78 bits per heavy atom. The Morgan fingerprint density at radius 2 is 2.22 bits per heavy atom. The molecular formula is C11H14N4O2S. The van der Waals surface area contributed by atoms with Crippen molar-refractivity contribution in [2.45, 2.75) is 33.2 Å². The van der Waals surface area contributed by atoms with Crippen LogP contribution in [0.4, 0.5) is 0 Å². The molecule has 0 fully saturated rings. The highest BCUT2D eigenvalue weighted by Crippen LogP contribution is 2.15. The van der Waals surface area contributed by atoms with Crippen LogP contribution in [0.1, 0.15) is 28.4 Å². The first kappa shape index (κ1) is 12.7. The number of rotatable bonds is 3. The van der Waals surface area contributed by atoms with Crippen LogP contribution in [0, 0.1) is 13.8 Å². The van der Waals surface area contributed by atoms with Crippen molar-refractivity contribution in [2.24, 2.45) is 5.10 Å². The zero-order valence-electron chi connectivity index (χ0n) is 10.2. The maximum Gasteiger partial charge on any atom is 0.267 e. The molecule has 0 aromatic carbocycles. The second kappa shape index (κ2) is 5.26. The SMILES string of the molecule is Cc1nc(CNC(=O)C2=NNC(=O)CC2)sc1C. The topological polar surface area (TPSA) is 83.4 Å². The fraction of sp³-hybridized carbons (Fsp3) is 0.455. The van der Waals surface area contributed by atoms with Crippen molar-refractivity contribution < 1.29 is 9.59 Å². The number of nitrogens with one attached hydrogen (secondary N) is 2. The van der Waals surface area contributed by atoms with Crippen molar-refractivity contribution >= 4 is 28.9 Å². The van der Waals surface area contributed by atoms with Crippen molar-refractivity contribution in [3.8, 4) is 0 Å². The molecule has 1 aliphatic rings. The molecule has 1 aliphatic heterocycles. The summed E-state index contributed by atoms with van der Waals surface area (Å²) in [5, 5.41) is 7.36. The van der Waals surface area contributed by atoms with E-state index in [2.05, 4.69) is 20.8 Å². The molecule has 7 heteroatoms. The Hall–Kier alpha value is -1.76. The molecule has 2 amide bonds. The van der Waals surface area contributed by atoms with Crippen LogP contribution in [0.25, 0.3) is 0 Å². The summed E-state index contributed by atoms with van der Waals surface area (Å²) in [5.41, 5.74) is 3.65. The number of hydrogen-bond acceptors (Lipinski definition) is 5. The Labute approximate surface area is 108 Å². The largest absolute Gasteiger partial charge is 0.344 e. The molecule has 0 atom stereocenters. The molecule has 0 saturated carbocycles. The molecule has 18 heavy (non-hydrogen) atoms. The molecule has 2 rings (SSSR count). The van der Waals surface area contributed by atoms with Crippen molar-refractivity contribution in [3.63, 3.8) is 0 Å². The monoisotopic (exact) mass is 266 g/mol. The Balaban J connectivity index is 1.90. The number of amides is 2. The van der Waals surface area contributed by atoms with E-state index in [-0.39, 0.29) is 11.8 Å². The predicted octanol–water partition coefficient (Wildman–Crippen LogP) is 0.642. The van der Waals surface area contributed by atoms with Gasteiger partial charge in [0, 0.05) is 17.7 Å². The summed E-state index contributed by atoms with van der Waals surface area (Å²) < 4.78 is 0. The van der Waals surface area contributed by atoms with Gasteiger partial charge >= 0.3 is 0 Å². The van der Waals surface area contributed by atoms with Gasteiger partial charge in [0.05, 0.1) is 12.2 Å². The van der Waals surface area contributed by atoms with Gasteiger partial charge in [0.25, 0.3) is 5.91 Å². The highest BCUT2D eigenvalue weighted by molar-refractivity contribution is 7.11. The molecule has 1 aromatic rings. The minimum atomic E-state index is -0.250. The highest BCUT2D eigenvalue weighted by atomic mass is 32.1. The third-order valence-electron chi connectivity index (χ3n) is 2.64. The number of aromatic nitrogens is 1. The van der Waals surface area contributed by atoms with E-state index in [0.717, 1.165) is 15.6 Å². The van der Waals surface area contributed by atoms with Crippen LogP contribution in [0.2, 0.25) is 0 Å². The Morgan fingerprint density at radius 1 is 1.44 bits per heavy atom. The van der Waals surface area contributed by atoms with Gasteiger partial charge in [-0.2, -0.15) is 5.10 Å². The summed E-state index contributed by atoms with van der Waals surface area (Å²) in [5.74, 6) is -0.404. The Bertz CT molecular complexity index is 502. The van der Waals surface area contributed by atoms with Crippen molar-refractivity contribution in [2.75, 3.05) is 0 Å². The van der Waals surface area contributed by atoms with Crippen molar-refractivity contribution in [1.82, 2.24) is 15.7 Å². The lowest BCUT2D eigenvalue weighted by atomic mass is 10.1. The lowest BCUT2D eigenvalue weighted by Crippen LogP contribution is -2.36. The van der Waals surface area contributed by atoms with E-state index in [9.17, 15) is 9.59 Å². The van der Waals surface area contributed by atoms with Gasteiger partial charge in [0.1, 0.15) is 10.7 Å². The maximum atomic E-state index is 11.8. The predicted molar refractivity (Wildman–Crippen MR) is 68.2 cm³/mol. The molecule has 0 radical (unpaired) electrons. The molecule has 0 saturated heterocycles. The summed E-state index contributed by atoms with van der Waals surface area (Å²) >= 11 is 1.57. The normalized spacial score (nSPS) is 15.0. The van der Waals surface area contributed by atoms with Gasteiger partial charge in [-0.25, -0.2) is 10.4 Å². The summed E-state index contributed by atoms with van der Waals surface area (Å²) in [6.07, 6.45) is 0.690. The highest BCUT2D eigenvalue weighted by Gasteiger charge is 2.18. The van der Waals surface area contributed by atoms with Crippen LogP contribution in [0.5, 0.6) is 0 Å². The van der Waals surface area contributed by atoms with E-state index in [1.165, 1.54) is 0 Å². The Kier molecular flexibility index (Phi) is 3.71. The number of nitrogens with zero attached hydrogens (tertiary/aromatic N) is 2. The number of aryl methyl sites for hydroxylation is 2. The first-order chi connectivity index (χ1) is 8.56. The first-order valence-corrected chi connectivity index (χ1v) is 6.44. The minimum absolute atomic E-state index is 0.155. The van der Waals surface area contributed by atoms with Gasteiger partial charge in [0.15, 0.2) is 0 Å². The van der Waals surface area contributed by atoms with Gasteiger partial charge in [0.2, 0.25) is 5.91 Å². The molecule has 1 aromatic heterocycles. The molecular weight excluding hydrogens is 252 g/mol. The number of carbonyl (C=O) groups excluding carboxylic acids is 2. The second-order valence-electron chi connectivity index (χ2n) is 4.03. The van der Waals surface area contributed by atoms with Crippen LogP contribution in [0.15, 0.2) is 5.10 Å². The number of hydrazone groups is 1. The van der Waals surface area contributed by atoms with Gasteiger partial charge in [-0.05, 0) is 13.8 Å². The van der Waals surface area contributed by atoms with E-state index >= 15 is 0 Å². The molecule has 0 unspecified atom stereocenters. The number of carbonyl (C=O) groups is 2. The average Bonchev–Trinajstić information content (AvgIpc) is 2.67. The van der Waals surface area contributed by atoms with E-state index in [1.807, 2.05) is 13.8 Å². The van der Waals surface area contributed by atoms with E-state index in [0.29, 0.717) is 25.1 Å². The molecule has 0 spiro atoms. The summed E-state index contributed by atoms with van der Waals surface area (Å²) in [7, 11) is 0. The third-order valence-corrected chi connectivity index (χ3v) is 3.71. The van der Waals surface area contributed by atoms with Crippen LogP contribution >= 0.6 is 11.3 Å². The number of thiazole rings is 1. The van der Waals surface area contributed by atoms with E-state index in [1.54, 1.807) is 11.3 Å². The lowest BCUT2D eigenvalue weighted by molar-refractivity contribution is -0.121. The third kappa shape index (κ3) is 2.92. The first-order valence-electron chi connectivity index (χ1n) is 5.63. The van der Waals surface area contributed by atoms with Crippen LogP contribution < -0.4 is 10.7 Å². The minimum Gasteiger partial charge on any atom is -0.344 e. The van der Waals surface area contributed by atoms with Crippen LogP contribution in [-0.2, 0) is 16.1 Å². The van der Waals surface area contributed by atoms with E-state index in [4.69, 9.17) is 0 Å². The molecule has 96 valence electrons. The van der Waals surface area contributed by atoms with E-state index < -0.39 is 0 Å². The molecule has 0 bridgehead atoms. The number of hydrogen-bond donors (Lipinski definition) is 2. The molecule has 0 aliphatic carbocycles. The van der Waals surface area contributed by atoms with Crippen LogP contribution in [0.3, 0.4) is 0 Å². The van der Waals surface area contributed by atoms with Gasteiger partial charge in [-0.1, -0.05) is 0 Å². The fourth-order valence-corrected chi connectivity index (χ4v) is 2.38. The second-order valence-corrected chi connectivity index (χ2v) is 5.31. The average molecular weight is 266 g/mol. The summed E-state index contributed by atoms with van der Waals surface area (Å²) in [6, 6.07) is 0. The van der Waals surface area contributed by atoms with Gasteiger partial charge < -0.3 is 5.32 Å². The molecule has 2 heterocycles. The van der Waals surface area contributed by atoms with Gasteiger partial charge in [-0.15, -0.1) is 11.3 Å². The quantitative estimate of drug-likeness (QED) is 0.842. The fourth-order valence-electron chi connectivity index (χ4n) is 1.51. The van der Waals surface area contributed by atoms with Crippen LogP contribution in [-0.4, -0.2) is 22.5 Å².